The van der Waals surface area contributed by atoms with Gasteiger partial charge in [0.05, 0.1) is 26.7 Å². The SMILES string of the molecule is O=CCCCC(c1ccc(S(=O)(=O)CC2CC2)cc1)c1nc2cc(-c3ccccc3OC(F)F)c(Cl)cc2[nH]1. The molecule has 0 bridgehead atoms. The van der Waals surface area contributed by atoms with Crippen LogP contribution in [0.25, 0.3) is 22.2 Å². The minimum Gasteiger partial charge on any atom is -0.434 e. The van der Waals surface area contributed by atoms with Crippen molar-refractivity contribution in [3.8, 4) is 16.9 Å². The van der Waals surface area contributed by atoms with Crippen molar-refractivity contribution in [2.45, 2.75) is 49.5 Å². The second-order valence-corrected chi connectivity index (χ2v) is 12.2. The highest BCUT2D eigenvalue weighted by Gasteiger charge is 2.29. The third-order valence-corrected chi connectivity index (χ3v) is 9.13. The highest BCUT2D eigenvalue weighted by atomic mass is 35.5. The Labute approximate surface area is 230 Å². The summed E-state index contributed by atoms with van der Waals surface area (Å²) in [6.07, 6.45) is 4.41. The number of alkyl halides is 2. The maximum Gasteiger partial charge on any atom is 0.387 e. The normalized spacial score (nSPS) is 14.6. The summed E-state index contributed by atoms with van der Waals surface area (Å²) in [6.45, 7) is -2.98. The summed E-state index contributed by atoms with van der Waals surface area (Å²) >= 11 is 6.57. The van der Waals surface area contributed by atoms with Crippen molar-refractivity contribution in [1.82, 2.24) is 9.97 Å². The average molecular weight is 573 g/mol. The average Bonchev–Trinajstić information content (AvgIpc) is 3.62. The van der Waals surface area contributed by atoms with Crippen molar-refractivity contribution in [2.24, 2.45) is 5.92 Å². The number of para-hydroxylation sites is 1. The number of sulfone groups is 1. The van der Waals surface area contributed by atoms with E-state index >= 15 is 0 Å². The smallest absolute Gasteiger partial charge is 0.387 e. The second-order valence-electron chi connectivity index (χ2n) is 9.79. The number of aromatic nitrogens is 2. The lowest BCUT2D eigenvalue weighted by molar-refractivity contribution is -0.107. The first-order valence-corrected chi connectivity index (χ1v) is 14.8. The summed E-state index contributed by atoms with van der Waals surface area (Å²) in [4.78, 5) is 19.4. The van der Waals surface area contributed by atoms with Crippen LogP contribution in [0.4, 0.5) is 8.78 Å². The number of aromatic amines is 1. The number of benzene rings is 3. The standard InChI is InChI=1S/C29H27ClF2N2O4S/c30-24-16-26-25(15-23(24)22-6-1-2-7-27(22)38-29(31)32)33-28(34-26)21(5-3-4-14-35)19-10-12-20(13-11-19)39(36,37)17-18-8-9-18/h1-2,6-7,10-16,18,21,29H,3-5,8-9,17H2,(H,33,34). The Kier molecular flexibility index (Phi) is 8.00. The van der Waals surface area contributed by atoms with Crippen molar-refractivity contribution < 1.29 is 26.7 Å². The number of H-pyrrole nitrogens is 1. The molecule has 0 amide bonds. The zero-order chi connectivity index (χ0) is 27.6. The molecule has 6 nitrogen and oxygen atoms in total. The lowest BCUT2D eigenvalue weighted by atomic mass is 9.93. The fraction of sp³-hybridized carbons (Fsp3) is 0.310. The van der Waals surface area contributed by atoms with Crippen molar-refractivity contribution in [2.75, 3.05) is 5.75 Å². The van der Waals surface area contributed by atoms with Gasteiger partial charge in [-0.05, 0) is 67.5 Å². The quantitative estimate of drug-likeness (QED) is 0.144. The van der Waals surface area contributed by atoms with E-state index in [2.05, 4.69) is 9.72 Å². The Morgan fingerprint density at radius 3 is 2.51 bits per heavy atom. The molecule has 0 aliphatic heterocycles. The number of nitrogens with one attached hydrogen (secondary N) is 1. The molecule has 1 aromatic heterocycles. The number of imidazole rings is 1. The predicted octanol–water partition coefficient (Wildman–Crippen LogP) is 7.17. The lowest BCUT2D eigenvalue weighted by Gasteiger charge is -2.15. The zero-order valence-electron chi connectivity index (χ0n) is 20.9. The molecule has 1 fully saturated rings. The van der Waals surface area contributed by atoms with Gasteiger partial charge in [0, 0.05) is 23.5 Å². The topological polar surface area (TPSA) is 89.1 Å². The third-order valence-electron chi connectivity index (χ3n) is 6.92. The molecule has 3 aromatic carbocycles. The van der Waals surface area contributed by atoms with Crippen LogP contribution in [0.1, 0.15) is 49.4 Å². The maximum atomic E-state index is 13.0. The molecule has 1 saturated carbocycles. The van der Waals surface area contributed by atoms with Crippen LogP contribution in [0.15, 0.2) is 65.6 Å². The number of carbonyl (C=O) groups excluding carboxylic acids is 1. The van der Waals surface area contributed by atoms with Crippen molar-refractivity contribution >= 4 is 38.8 Å². The first kappa shape index (κ1) is 27.3. The molecule has 0 spiro atoms. The van der Waals surface area contributed by atoms with Crippen LogP contribution in [0.2, 0.25) is 5.02 Å². The van der Waals surface area contributed by atoms with Gasteiger partial charge in [0.1, 0.15) is 17.9 Å². The van der Waals surface area contributed by atoms with E-state index in [4.69, 9.17) is 16.6 Å². The molecule has 0 saturated heterocycles. The number of hydrogen-bond donors (Lipinski definition) is 1. The Morgan fingerprint density at radius 2 is 1.82 bits per heavy atom. The van der Waals surface area contributed by atoms with Crippen LogP contribution in [0.5, 0.6) is 5.75 Å². The van der Waals surface area contributed by atoms with Crippen molar-refractivity contribution in [1.29, 1.82) is 0 Å². The number of carbonyl (C=O) groups is 1. The Balaban J connectivity index is 1.50. The Bertz CT molecular complexity index is 1580. The summed E-state index contributed by atoms with van der Waals surface area (Å²) in [5, 5.41) is 0.339. The second kappa shape index (κ2) is 11.4. The zero-order valence-corrected chi connectivity index (χ0v) is 22.5. The fourth-order valence-electron chi connectivity index (χ4n) is 4.77. The van der Waals surface area contributed by atoms with E-state index in [1.165, 1.54) is 6.07 Å². The number of fused-ring (bicyclic) bond motifs is 1. The molecule has 5 rings (SSSR count). The molecule has 4 aromatic rings. The molecule has 39 heavy (non-hydrogen) atoms. The molecule has 1 aliphatic rings. The van der Waals surface area contributed by atoms with Gasteiger partial charge in [0.2, 0.25) is 0 Å². The van der Waals surface area contributed by atoms with E-state index < -0.39 is 16.4 Å². The van der Waals surface area contributed by atoms with Crippen LogP contribution in [0.3, 0.4) is 0 Å². The van der Waals surface area contributed by atoms with E-state index in [-0.39, 0.29) is 23.3 Å². The summed E-state index contributed by atoms with van der Waals surface area (Å²) in [5.41, 5.74) is 3.03. The number of nitrogens with zero attached hydrogens (tertiary/aromatic N) is 1. The van der Waals surface area contributed by atoms with Gasteiger partial charge in [-0.1, -0.05) is 41.9 Å². The Morgan fingerprint density at radius 1 is 1.08 bits per heavy atom. The van der Waals surface area contributed by atoms with Gasteiger partial charge < -0.3 is 14.5 Å². The molecule has 1 heterocycles. The number of ether oxygens (including phenoxy) is 1. The first-order valence-electron chi connectivity index (χ1n) is 12.7. The van der Waals surface area contributed by atoms with Gasteiger partial charge >= 0.3 is 6.61 Å². The van der Waals surface area contributed by atoms with Gasteiger partial charge in [0.25, 0.3) is 0 Å². The minimum absolute atomic E-state index is 0.00739. The van der Waals surface area contributed by atoms with Gasteiger partial charge in [-0.15, -0.1) is 0 Å². The van der Waals surface area contributed by atoms with Crippen molar-refractivity contribution in [3.63, 3.8) is 0 Å². The summed E-state index contributed by atoms with van der Waals surface area (Å²) in [5.74, 6) is 0.844. The highest BCUT2D eigenvalue weighted by molar-refractivity contribution is 7.91. The molecule has 0 radical (unpaired) electrons. The highest BCUT2D eigenvalue weighted by Crippen LogP contribution is 2.39. The molecular weight excluding hydrogens is 546 g/mol. The van der Waals surface area contributed by atoms with Crippen LogP contribution in [0, 0.1) is 5.92 Å². The van der Waals surface area contributed by atoms with E-state index in [1.807, 2.05) is 0 Å². The van der Waals surface area contributed by atoms with Crippen LogP contribution in [-0.4, -0.2) is 37.0 Å². The summed E-state index contributed by atoms with van der Waals surface area (Å²) in [7, 11) is -3.33. The molecule has 1 atom stereocenters. The van der Waals surface area contributed by atoms with Gasteiger partial charge in [-0.25, -0.2) is 13.4 Å². The van der Waals surface area contributed by atoms with Crippen LogP contribution in [-0.2, 0) is 14.6 Å². The number of unbranched alkanes of at least 4 members (excludes halogenated alkanes) is 1. The lowest BCUT2D eigenvalue weighted by Crippen LogP contribution is -2.09. The molecule has 1 N–H and O–H groups in total. The molecule has 10 heteroatoms. The van der Waals surface area contributed by atoms with Gasteiger partial charge in [0.15, 0.2) is 9.84 Å². The van der Waals surface area contributed by atoms with Gasteiger partial charge in [-0.3, -0.25) is 0 Å². The maximum absolute atomic E-state index is 13.0. The van der Waals surface area contributed by atoms with E-state index in [9.17, 15) is 22.0 Å². The number of rotatable bonds is 12. The van der Waals surface area contributed by atoms with Crippen molar-refractivity contribution in [3.05, 3.63) is 77.1 Å². The number of halogens is 3. The van der Waals surface area contributed by atoms with Crippen LogP contribution >= 0.6 is 11.6 Å². The van der Waals surface area contributed by atoms with Crippen LogP contribution < -0.4 is 4.74 Å². The minimum atomic E-state index is -3.33. The third kappa shape index (κ3) is 6.31. The van der Waals surface area contributed by atoms with Gasteiger partial charge in [-0.2, -0.15) is 8.78 Å². The monoisotopic (exact) mass is 572 g/mol. The predicted molar refractivity (Wildman–Crippen MR) is 146 cm³/mol. The summed E-state index contributed by atoms with van der Waals surface area (Å²) in [6, 6.07) is 16.7. The Hall–Kier alpha value is -3.30. The van der Waals surface area contributed by atoms with E-state index in [1.54, 1.807) is 54.6 Å². The molecule has 204 valence electrons. The molecule has 1 aliphatic carbocycles. The van der Waals surface area contributed by atoms with E-state index in [0.29, 0.717) is 57.2 Å². The summed E-state index contributed by atoms with van der Waals surface area (Å²) < 4.78 is 56.0. The fourth-order valence-corrected chi connectivity index (χ4v) is 6.74. The molecule has 1 unspecified atom stereocenters. The largest absolute Gasteiger partial charge is 0.434 e. The molecular formula is C29H27ClF2N2O4S. The van der Waals surface area contributed by atoms with E-state index in [0.717, 1.165) is 24.7 Å². The number of hydrogen-bond acceptors (Lipinski definition) is 5. The first-order chi connectivity index (χ1) is 18.7. The number of aldehydes is 1.